The van der Waals surface area contributed by atoms with E-state index in [1.54, 1.807) is 12.1 Å². The lowest BCUT2D eigenvalue weighted by molar-refractivity contribution is -0.384. The minimum absolute atomic E-state index is 0.0248. The summed E-state index contributed by atoms with van der Waals surface area (Å²) in [6, 6.07) is 37.0. The third kappa shape index (κ3) is 5.02. The van der Waals surface area contributed by atoms with Gasteiger partial charge in [-0.05, 0) is 47.5 Å². The molecule has 0 aliphatic carbocycles. The standard InChI is InChI=1S/C28H24N2O3S/c1-2-33-27(29-25-18-20-26(21-19-25)30(31)32)34-28(22-12-6-3-7-13-22,23-14-8-4-9-15-23)24-16-10-5-11-17-24/h3-21H,2H2,1H3. The van der Waals surface area contributed by atoms with Gasteiger partial charge in [0.1, 0.15) is 0 Å². The number of nitrogens with zero attached hydrogens (tertiary/aromatic N) is 2. The third-order valence-corrected chi connectivity index (χ3v) is 6.73. The molecule has 0 spiro atoms. The summed E-state index contributed by atoms with van der Waals surface area (Å²) in [5.74, 6) is 0. The van der Waals surface area contributed by atoms with Crippen LogP contribution in [0.5, 0.6) is 0 Å². The number of hydrogen-bond donors (Lipinski definition) is 0. The summed E-state index contributed by atoms with van der Waals surface area (Å²) in [5.41, 5.74) is 3.89. The molecule has 0 heterocycles. The van der Waals surface area contributed by atoms with Gasteiger partial charge in [0, 0.05) is 12.1 Å². The quantitative estimate of drug-likeness (QED) is 0.0935. The molecule has 0 bridgehead atoms. The summed E-state index contributed by atoms with van der Waals surface area (Å²) in [4.78, 5) is 15.4. The Morgan fingerprint density at radius 3 is 1.62 bits per heavy atom. The molecule has 4 aromatic rings. The van der Waals surface area contributed by atoms with E-state index in [4.69, 9.17) is 9.73 Å². The first-order valence-electron chi connectivity index (χ1n) is 10.9. The van der Waals surface area contributed by atoms with Crippen molar-refractivity contribution in [1.29, 1.82) is 0 Å². The molecule has 0 saturated heterocycles. The van der Waals surface area contributed by atoms with Crippen LogP contribution in [0.15, 0.2) is 120 Å². The van der Waals surface area contributed by atoms with Crippen molar-refractivity contribution in [1.82, 2.24) is 0 Å². The fourth-order valence-corrected chi connectivity index (χ4v) is 5.14. The van der Waals surface area contributed by atoms with E-state index >= 15 is 0 Å². The lowest BCUT2D eigenvalue weighted by Gasteiger charge is -2.35. The molecule has 5 nitrogen and oxygen atoms in total. The van der Waals surface area contributed by atoms with E-state index in [0.29, 0.717) is 17.5 Å². The van der Waals surface area contributed by atoms with Crippen LogP contribution >= 0.6 is 11.8 Å². The van der Waals surface area contributed by atoms with Gasteiger partial charge in [0.2, 0.25) is 0 Å². The molecule has 0 N–H and O–H groups in total. The van der Waals surface area contributed by atoms with Crippen LogP contribution in [-0.4, -0.2) is 16.8 Å². The van der Waals surface area contributed by atoms with E-state index in [0.717, 1.165) is 16.7 Å². The molecule has 34 heavy (non-hydrogen) atoms. The van der Waals surface area contributed by atoms with Crippen LogP contribution in [0.4, 0.5) is 11.4 Å². The van der Waals surface area contributed by atoms with Crippen LogP contribution < -0.4 is 0 Å². The average Bonchev–Trinajstić information content (AvgIpc) is 2.89. The molecule has 0 aliphatic rings. The first kappa shape index (κ1) is 23.3. The van der Waals surface area contributed by atoms with Crippen LogP contribution in [0.2, 0.25) is 0 Å². The number of rotatable bonds is 7. The average molecular weight is 469 g/mol. The van der Waals surface area contributed by atoms with Crippen molar-refractivity contribution < 1.29 is 9.66 Å². The molecule has 0 aliphatic heterocycles. The summed E-state index contributed by atoms with van der Waals surface area (Å²) in [5, 5.41) is 11.5. The molecule has 0 aromatic heterocycles. The second-order valence-corrected chi connectivity index (χ2v) is 8.63. The molecule has 4 rings (SSSR count). The SMILES string of the molecule is CCOC(=Nc1ccc([N+](=O)[O-])cc1)SC(c1ccccc1)(c1ccccc1)c1ccccc1. The maximum absolute atomic E-state index is 11.0. The highest BCUT2D eigenvalue weighted by Crippen LogP contribution is 2.49. The van der Waals surface area contributed by atoms with Crippen molar-refractivity contribution in [2.75, 3.05) is 6.61 Å². The Bertz CT molecular complexity index is 1150. The smallest absolute Gasteiger partial charge is 0.269 e. The minimum atomic E-state index is -0.626. The lowest BCUT2D eigenvalue weighted by atomic mass is 9.84. The maximum Gasteiger partial charge on any atom is 0.269 e. The number of non-ortho nitro benzene ring substituents is 1. The van der Waals surface area contributed by atoms with Crippen molar-refractivity contribution in [3.05, 3.63) is 142 Å². The fraction of sp³-hybridized carbons (Fsp3) is 0.107. The number of thioether (sulfide) groups is 1. The van der Waals surface area contributed by atoms with Crippen LogP contribution in [0.25, 0.3) is 0 Å². The van der Waals surface area contributed by atoms with Gasteiger partial charge in [-0.1, -0.05) is 91.0 Å². The van der Waals surface area contributed by atoms with Crippen molar-refractivity contribution in [3.8, 4) is 0 Å². The van der Waals surface area contributed by atoms with E-state index in [1.165, 1.54) is 23.9 Å². The highest BCUT2D eigenvalue weighted by Gasteiger charge is 2.39. The molecular formula is C28H24N2O3S. The minimum Gasteiger partial charge on any atom is -0.473 e. The Morgan fingerprint density at radius 1 is 0.794 bits per heavy atom. The van der Waals surface area contributed by atoms with E-state index in [-0.39, 0.29) is 5.69 Å². The third-order valence-electron chi connectivity index (χ3n) is 5.33. The highest BCUT2D eigenvalue weighted by atomic mass is 32.2. The molecule has 0 unspecified atom stereocenters. The van der Waals surface area contributed by atoms with Gasteiger partial charge in [0.25, 0.3) is 10.9 Å². The van der Waals surface area contributed by atoms with Gasteiger partial charge in [0.15, 0.2) is 0 Å². The van der Waals surface area contributed by atoms with Crippen LogP contribution in [0.3, 0.4) is 0 Å². The first-order valence-corrected chi connectivity index (χ1v) is 11.8. The van der Waals surface area contributed by atoms with Gasteiger partial charge >= 0.3 is 0 Å². The van der Waals surface area contributed by atoms with E-state index in [2.05, 4.69) is 36.4 Å². The summed E-state index contributed by atoms with van der Waals surface area (Å²) < 4.78 is 5.40. The second kappa shape index (κ2) is 10.8. The Morgan fingerprint density at radius 2 is 1.24 bits per heavy atom. The van der Waals surface area contributed by atoms with Crippen molar-refractivity contribution >= 4 is 28.4 Å². The van der Waals surface area contributed by atoms with Crippen molar-refractivity contribution in [2.45, 2.75) is 11.7 Å². The van der Waals surface area contributed by atoms with E-state index in [9.17, 15) is 10.1 Å². The molecule has 0 saturated carbocycles. The molecule has 4 aromatic carbocycles. The Labute approximate surface area is 203 Å². The number of nitro groups is 1. The maximum atomic E-state index is 11.0. The van der Waals surface area contributed by atoms with Crippen LogP contribution in [0, 0.1) is 10.1 Å². The number of hydrogen-bond acceptors (Lipinski definition) is 5. The Hall–Kier alpha value is -3.90. The second-order valence-electron chi connectivity index (χ2n) is 7.47. The summed E-state index contributed by atoms with van der Waals surface area (Å²) in [6.07, 6.45) is 0. The van der Waals surface area contributed by atoms with Crippen molar-refractivity contribution in [3.63, 3.8) is 0 Å². The Kier molecular flexibility index (Phi) is 7.40. The monoisotopic (exact) mass is 468 g/mol. The number of ether oxygens (including phenoxy) is 1. The number of benzene rings is 4. The predicted octanol–water partition coefficient (Wildman–Crippen LogP) is 7.34. The number of nitro benzene ring substituents is 1. The summed E-state index contributed by atoms with van der Waals surface area (Å²) in [7, 11) is 0. The zero-order valence-electron chi connectivity index (χ0n) is 18.7. The largest absolute Gasteiger partial charge is 0.473 e. The first-order chi connectivity index (χ1) is 16.6. The van der Waals surface area contributed by atoms with Crippen LogP contribution in [-0.2, 0) is 9.48 Å². The highest BCUT2D eigenvalue weighted by molar-refractivity contribution is 8.14. The fourth-order valence-electron chi connectivity index (χ4n) is 3.79. The van der Waals surface area contributed by atoms with Gasteiger partial charge in [0.05, 0.1) is 22.0 Å². The molecule has 0 amide bonds. The van der Waals surface area contributed by atoms with E-state index in [1.807, 2.05) is 61.5 Å². The molecule has 0 radical (unpaired) electrons. The molecule has 170 valence electrons. The van der Waals surface area contributed by atoms with Gasteiger partial charge in [-0.3, -0.25) is 10.1 Å². The lowest BCUT2D eigenvalue weighted by Crippen LogP contribution is -2.28. The van der Waals surface area contributed by atoms with E-state index < -0.39 is 9.67 Å². The van der Waals surface area contributed by atoms with Crippen LogP contribution in [0.1, 0.15) is 23.6 Å². The van der Waals surface area contributed by atoms with Gasteiger partial charge in [-0.2, -0.15) is 0 Å². The zero-order valence-corrected chi connectivity index (χ0v) is 19.5. The summed E-state index contributed by atoms with van der Waals surface area (Å²) >= 11 is 1.52. The summed E-state index contributed by atoms with van der Waals surface area (Å²) in [6.45, 7) is 2.36. The van der Waals surface area contributed by atoms with Gasteiger partial charge in [-0.25, -0.2) is 4.99 Å². The normalized spacial score (nSPS) is 11.7. The zero-order chi connectivity index (χ0) is 23.8. The van der Waals surface area contributed by atoms with Gasteiger partial charge in [-0.15, -0.1) is 0 Å². The van der Waals surface area contributed by atoms with Gasteiger partial charge < -0.3 is 4.74 Å². The Balaban J connectivity index is 1.89. The number of aliphatic imine (C=N–C) groups is 1. The molecule has 6 heteroatoms. The van der Waals surface area contributed by atoms with Crippen molar-refractivity contribution in [2.24, 2.45) is 4.99 Å². The molecule has 0 fully saturated rings. The molecular weight excluding hydrogens is 444 g/mol. The molecule has 0 atom stereocenters. The topological polar surface area (TPSA) is 64.7 Å². The predicted molar refractivity (Wildman–Crippen MR) is 139 cm³/mol.